The molecule has 98 valence electrons. The molecular formula is C9H12N4O3S2. The van der Waals surface area contributed by atoms with E-state index in [0.717, 1.165) is 11.3 Å². The van der Waals surface area contributed by atoms with E-state index < -0.39 is 10.0 Å². The minimum atomic E-state index is -3.67. The van der Waals surface area contributed by atoms with E-state index in [-0.39, 0.29) is 16.0 Å². The fraction of sp³-hybridized carbons (Fsp3) is 0.333. The highest BCUT2D eigenvalue weighted by Crippen LogP contribution is 2.22. The quantitative estimate of drug-likeness (QED) is 0.877. The first-order valence-corrected chi connectivity index (χ1v) is 7.41. The van der Waals surface area contributed by atoms with Crippen molar-refractivity contribution in [3.63, 3.8) is 0 Å². The number of sulfonamides is 1. The van der Waals surface area contributed by atoms with Crippen LogP contribution in [0.3, 0.4) is 0 Å². The van der Waals surface area contributed by atoms with Gasteiger partial charge in [-0.2, -0.15) is 4.31 Å². The van der Waals surface area contributed by atoms with Crippen LogP contribution < -0.4 is 5.73 Å². The van der Waals surface area contributed by atoms with Crippen LogP contribution in [0.25, 0.3) is 0 Å². The molecule has 2 aromatic heterocycles. The van der Waals surface area contributed by atoms with Crippen molar-refractivity contribution >= 4 is 26.5 Å². The van der Waals surface area contributed by atoms with Crippen LogP contribution in [0, 0.1) is 0 Å². The van der Waals surface area contributed by atoms with E-state index in [1.807, 2.05) is 0 Å². The summed E-state index contributed by atoms with van der Waals surface area (Å²) in [6.45, 7) is 2.21. The molecule has 2 aromatic rings. The van der Waals surface area contributed by atoms with Crippen molar-refractivity contribution in [3.8, 4) is 0 Å². The van der Waals surface area contributed by atoms with Gasteiger partial charge in [0.1, 0.15) is 5.76 Å². The number of aromatic nitrogens is 2. The molecule has 0 radical (unpaired) electrons. The average molecular weight is 288 g/mol. The molecule has 0 saturated heterocycles. The van der Waals surface area contributed by atoms with E-state index in [9.17, 15) is 8.42 Å². The maximum atomic E-state index is 12.2. The number of hydrogen-bond acceptors (Lipinski definition) is 7. The standard InChI is InChI=1S/C9H12N4O3S2/c1-2-13(6-7-4-3-5-16-7)18(14,15)9-12-11-8(10)17-9/h3-5H,2,6H2,1H3,(H2,10,11). The van der Waals surface area contributed by atoms with Crippen LogP contribution in [0.15, 0.2) is 27.2 Å². The monoisotopic (exact) mass is 288 g/mol. The van der Waals surface area contributed by atoms with Crippen LogP contribution in [0.4, 0.5) is 5.13 Å². The molecule has 18 heavy (non-hydrogen) atoms. The molecule has 2 heterocycles. The van der Waals surface area contributed by atoms with Crippen molar-refractivity contribution in [1.29, 1.82) is 0 Å². The number of hydrogen-bond donors (Lipinski definition) is 1. The lowest BCUT2D eigenvalue weighted by molar-refractivity contribution is 0.375. The van der Waals surface area contributed by atoms with E-state index >= 15 is 0 Å². The predicted molar refractivity (Wildman–Crippen MR) is 66.3 cm³/mol. The van der Waals surface area contributed by atoms with Gasteiger partial charge in [-0.3, -0.25) is 0 Å². The Morgan fingerprint density at radius 3 is 2.78 bits per heavy atom. The predicted octanol–water partition coefficient (Wildman–Crippen LogP) is 0.924. The lowest BCUT2D eigenvalue weighted by atomic mass is 10.4. The number of furan rings is 1. The number of rotatable bonds is 5. The number of nitrogens with zero attached hydrogens (tertiary/aromatic N) is 3. The van der Waals surface area contributed by atoms with Gasteiger partial charge in [-0.05, 0) is 12.1 Å². The van der Waals surface area contributed by atoms with Crippen molar-refractivity contribution in [2.45, 2.75) is 17.8 Å². The minimum Gasteiger partial charge on any atom is -0.468 e. The van der Waals surface area contributed by atoms with Crippen molar-refractivity contribution in [1.82, 2.24) is 14.5 Å². The maximum absolute atomic E-state index is 12.2. The largest absolute Gasteiger partial charge is 0.468 e. The van der Waals surface area contributed by atoms with E-state index in [2.05, 4.69) is 10.2 Å². The summed E-state index contributed by atoms with van der Waals surface area (Å²) in [5.74, 6) is 0.568. The zero-order chi connectivity index (χ0) is 13.2. The van der Waals surface area contributed by atoms with Crippen LogP contribution in [-0.2, 0) is 16.6 Å². The Balaban J connectivity index is 2.26. The Morgan fingerprint density at radius 1 is 1.50 bits per heavy atom. The Morgan fingerprint density at radius 2 is 2.28 bits per heavy atom. The summed E-state index contributed by atoms with van der Waals surface area (Å²) in [5, 5.41) is 7.21. The molecule has 0 aromatic carbocycles. The first-order valence-electron chi connectivity index (χ1n) is 5.15. The summed E-state index contributed by atoms with van der Waals surface area (Å²) in [6.07, 6.45) is 1.50. The van der Waals surface area contributed by atoms with Crippen molar-refractivity contribution in [3.05, 3.63) is 24.2 Å². The zero-order valence-corrected chi connectivity index (χ0v) is 11.2. The lowest BCUT2D eigenvalue weighted by Gasteiger charge is -2.16. The molecule has 0 aliphatic heterocycles. The minimum absolute atomic E-state index is 0.103. The molecule has 7 nitrogen and oxygen atoms in total. The molecule has 0 fully saturated rings. The third-order valence-electron chi connectivity index (χ3n) is 2.25. The second-order valence-corrected chi connectivity index (χ2v) is 6.54. The highest BCUT2D eigenvalue weighted by atomic mass is 32.2. The van der Waals surface area contributed by atoms with Gasteiger partial charge in [0.15, 0.2) is 0 Å². The summed E-state index contributed by atoms with van der Waals surface area (Å²) >= 11 is 0.846. The zero-order valence-electron chi connectivity index (χ0n) is 9.61. The number of nitrogens with two attached hydrogens (primary N) is 1. The van der Waals surface area contributed by atoms with E-state index in [1.165, 1.54) is 10.6 Å². The normalized spacial score (nSPS) is 12.1. The fourth-order valence-corrected chi connectivity index (χ4v) is 3.72. The summed E-state index contributed by atoms with van der Waals surface area (Å²) in [4.78, 5) is 0. The molecular weight excluding hydrogens is 276 g/mol. The second kappa shape index (κ2) is 5.04. The lowest BCUT2D eigenvalue weighted by Crippen LogP contribution is -2.30. The van der Waals surface area contributed by atoms with Gasteiger partial charge in [0.2, 0.25) is 9.47 Å². The Labute approximate surface area is 108 Å². The van der Waals surface area contributed by atoms with E-state index in [4.69, 9.17) is 10.2 Å². The summed E-state index contributed by atoms with van der Waals surface area (Å²) in [5.41, 5.74) is 5.40. The number of nitrogen functional groups attached to an aromatic ring is 1. The molecule has 0 aliphatic rings. The molecule has 2 N–H and O–H groups in total. The van der Waals surface area contributed by atoms with Crippen LogP contribution in [0.2, 0.25) is 0 Å². The highest BCUT2D eigenvalue weighted by molar-refractivity contribution is 7.91. The summed E-state index contributed by atoms with van der Waals surface area (Å²) in [6, 6.07) is 3.42. The molecule has 0 bridgehead atoms. The molecule has 0 atom stereocenters. The van der Waals surface area contributed by atoms with Crippen molar-refractivity contribution in [2.75, 3.05) is 12.3 Å². The van der Waals surface area contributed by atoms with Crippen LogP contribution in [0.5, 0.6) is 0 Å². The van der Waals surface area contributed by atoms with Crippen LogP contribution in [0.1, 0.15) is 12.7 Å². The topological polar surface area (TPSA) is 102 Å². The SMILES string of the molecule is CCN(Cc1ccco1)S(=O)(=O)c1nnc(N)s1. The van der Waals surface area contributed by atoms with Gasteiger partial charge >= 0.3 is 0 Å². The van der Waals surface area contributed by atoms with Gasteiger partial charge in [-0.25, -0.2) is 8.42 Å². The third-order valence-corrected chi connectivity index (χ3v) is 5.27. The first kappa shape index (κ1) is 13.0. The van der Waals surface area contributed by atoms with Crippen LogP contribution in [-0.4, -0.2) is 29.5 Å². The van der Waals surface area contributed by atoms with Gasteiger partial charge in [0, 0.05) is 6.54 Å². The smallest absolute Gasteiger partial charge is 0.272 e. The first-order chi connectivity index (χ1) is 8.54. The molecule has 0 unspecified atom stereocenters. The maximum Gasteiger partial charge on any atom is 0.272 e. The molecule has 0 spiro atoms. The van der Waals surface area contributed by atoms with Crippen molar-refractivity contribution in [2.24, 2.45) is 0 Å². The summed E-state index contributed by atoms with van der Waals surface area (Å²) < 4.78 is 30.8. The molecule has 2 rings (SSSR count). The van der Waals surface area contributed by atoms with Gasteiger partial charge in [-0.15, -0.1) is 10.2 Å². The molecule has 9 heteroatoms. The third kappa shape index (κ3) is 2.52. The van der Waals surface area contributed by atoms with Gasteiger partial charge in [0.25, 0.3) is 10.0 Å². The van der Waals surface area contributed by atoms with Gasteiger partial charge < -0.3 is 10.2 Å². The van der Waals surface area contributed by atoms with Crippen molar-refractivity contribution < 1.29 is 12.8 Å². The molecule has 0 amide bonds. The van der Waals surface area contributed by atoms with Crippen LogP contribution >= 0.6 is 11.3 Å². The number of anilines is 1. The molecule has 0 aliphatic carbocycles. The van der Waals surface area contributed by atoms with E-state index in [0.29, 0.717) is 12.3 Å². The fourth-order valence-electron chi connectivity index (χ4n) is 1.38. The average Bonchev–Trinajstić information content (AvgIpc) is 2.96. The van der Waals surface area contributed by atoms with Gasteiger partial charge in [0.05, 0.1) is 12.8 Å². The Hall–Kier alpha value is -1.45. The Bertz CT molecular complexity index is 606. The Kier molecular flexibility index (Phi) is 3.64. The summed E-state index contributed by atoms with van der Waals surface area (Å²) in [7, 11) is -3.67. The van der Waals surface area contributed by atoms with E-state index in [1.54, 1.807) is 19.1 Å². The molecule has 0 saturated carbocycles. The second-order valence-electron chi connectivity index (χ2n) is 3.42. The van der Waals surface area contributed by atoms with Gasteiger partial charge in [-0.1, -0.05) is 18.3 Å². The highest BCUT2D eigenvalue weighted by Gasteiger charge is 2.27.